The highest BCUT2D eigenvalue weighted by molar-refractivity contribution is 6.44. The number of halogens is 1. The van der Waals surface area contributed by atoms with Crippen molar-refractivity contribution in [3.63, 3.8) is 0 Å². The Morgan fingerprint density at radius 3 is 2.64 bits per heavy atom. The van der Waals surface area contributed by atoms with Crippen molar-refractivity contribution in [3.05, 3.63) is 64.0 Å². The van der Waals surface area contributed by atoms with E-state index in [0.717, 1.165) is 6.42 Å². The van der Waals surface area contributed by atoms with Gasteiger partial charge in [0.15, 0.2) is 0 Å². The monoisotopic (exact) mass is 450 g/mol. The number of Topliss-reactive ketones (excluding diaryl/α,β-unsaturated/α-hetero) is 1. The second-order valence-corrected chi connectivity index (χ2v) is 8.75. The topological polar surface area (TPSA) is 122 Å². The number of anilines is 1. The van der Waals surface area contributed by atoms with Gasteiger partial charge in [0.05, 0.1) is 11.1 Å². The molecular weight excluding hydrogens is 427 g/mol. The van der Waals surface area contributed by atoms with Crippen LogP contribution < -0.4 is 10.6 Å². The summed E-state index contributed by atoms with van der Waals surface area (Å²) in [5.41, 5.74) is 2.63. The predicted octanol–water partition coefficient (Wildman–Crippen LogP) is 2.55. The molecule has 33 heavy (non-hydrogen) atoms. The Balaban J connectivity index is 1.43. The fraction of sp³-hybridized carbons (Fsp3) is 0.348. The van der Waals surface area contributed by atoms with Crippen LogP contribution in [0, 0.1) is 19.7 Å². The van der Waals surface area contributed by atoms with Crippen LogP contribution in [0.15, 0.2) is 24.4 Å². The Hall–Kier alpha value is -3.82. The third-order valence-corrected chi connectivity index (χ3v) is 6.37. The molecule has 1 aromatic carbocycles. The van der Waals surface area contributed by atoms with Crippen molar-refractivity contribution in [2.75, 3.05) is 5.32 Å². The first-order chi connectivity index (χ1) is 15.8. The number of rotatable bonds is 6. The number of ketones is 1. The summed E-state index contributed by atoms with van der Waals surface area (Å²) in [6.45, 7) is 3.97. The van der Waals surface area contributed by atoms with Crippen molar-refractivity contribution < 1.29 is 18.8 Å². The van der Waals surface area contributed by atoms with Crippen LogP contribution in [0.4, 0.5) is 10.1 Å². The summed E-state index contributed by atoms with van der Waals surface area (Å²) in [5, 5.41) is 15.8. The molecule has 0 bridgehead atoms. The molecule has 2 aromatic heterocycles. The SMILES string of the molecule is Cc1cc(F)cc(NC(=O)c2c(C)c(C(=O)C(=O)NC3(c4c[nH]nn4)CC3)c3n2CCC3)c1. The molecule has 3 N–H and O–H groups in total. The molecule has 9 nitrogen and oxygen atoms in total. The predicted molar refractivity (Wildman–Crippen MR) is 116 cm³/mol. The number of carbonyl (C=O) groups is 3. The number of aryl methyl sites for hydroxylation is 1. The summed E-state index contributed by atoms with van der Waals surface area (Å²) < 4.78 is 15.6. The van der Waals surface area contributed by atoms with Crippen LogP contribution >= 0.6 is 0 Å². The molecule has 0 radical (unpaired) electrons. The van der Waals surface area contributed by atoms with Crippen LogP contribution in [-0.2, 0) is 23.3 Å². The molecule has 2 amide bonds. The van der Waals surface area contributed by atoms with E-state index in [2.05, 4.69) is 26.0 Å². The molecule has 1 aliphatic heterocycles. The maximum absolute atomic E-state index is 13.8. The highest BCUT2D eigenvalue weighted by Crippen LogP contribution is 2.44. The molecule has 170 valence electrons. The lowest BCUT2D eigenvalue weighted by Crippen LogP contribution is -2.40. The van der Waals surface area contributed by atoms with Crippen LogP contribution in [0.5, 0.6) is 0 Å². The molecule has 1 fully saturated rings. The standard InChI is InChI=1S/C23H23FN6O3/c1-12-8-14(24)10-15(9-12)26-21(32)19-13(2)18(16-4-3-7-30(16)19)20(31)22(33)27-23(5-6-23)17-11-25-29-28-17/h8-11H,3-7H2,1-2H3,(H,26,32)(H,27,33)(H,25,28,29). The normalized spacial score (nSPS) is 15.7. The molecule has 2 aliphatic rings. The van der Waals surface area contributed by atoms with Crippen LogP contribution in [0.2, 0.25) is 0 Å². The highest BCUT2D eigenvalue weighted by Gasteiger charge is 2.49. The Labute approximate surface area is 188 Å². The first kappa shape index (κ1) is 21.0. The van der Waals surface area contributed by atoms with Gasteiger partial charge in [-0.15, -0.1) is 5.10 Å². The zero-order valence-electron chi connectivity index (χ0n) is 18.3. The number of carbonyl (C=O) groups excluding carboxylic acids is 3. The Kier molecular flexibility index (Phi) is 4.88. The molecule has 1 saturated carbocycles. The van der Waals surface area contributed by atoms with Gasteiger partial charge in [-0.3, -0.25) is 19.5 Å². The van der Waals surface area contributed by atoms with Crippen molar-refractivity contribution >= 4 is 23.3 Å². The summed E-state index contributed by atoms with van der Waals surface area (Å²) >= 11 is 0. The number of H-pyrrole nitrogens is 1. The third kappa shape index (κ3) is 3.61. The second kappa shape index (κ2) is 7.65. The van der Waals surface area contributed by atoms with Crippen LogP contribution in [-0.4, -0.2) is 37.6 Å². The molecule has 0 saturated heterocycles. The second-order valence-electron chi connectivity index (χ2n) is 8.75. The molecule has 0 unspecified atom stereocenters. The zero-order valence-corrected chi connectivity index (χ0v) is 18.3. The average Bonchev–Trinajstić information content (AvgIpc) is 3.12. The summed E-state index contributed by atoms with van der Waals surface area (Å²) in [6, 6.07) is 4.28. The summed E-state index contributed by atoms with van der Waals surface area (Å²) in [7, 11) is 0. The lowest BCUT2D eigenvalue weighted by molar-refractivity contribution is -0.118. The first-order valence-electron chi connectivity index (χ1n) is 10.8. The van der Waals surface area contributed by atoms with Gasteiger partial charge in [0.1, 0.15) is 17.2 Å². The molecular formula is C23H23FN6O3. The van der Waals surface area contributed by atoms with Gasteiger partial charge in [-0.05, 0) is 68.9 Å². The zero-order chi connectivity index (χ0) is 23.3. The molecule has 3 aromatic rings. The molecule has 3 heterocycles. The van der Waals surface area contributed by atoms with Gasteiger partial charge in [0, 0.05) is 24.1 Å². The number of hydrogen-bond acceptors (Lipinski definition) is 5. The lowest BCUT2D eigenvalue weighted by atomic mass is 10.0. The van der Waals surface area contributed by atoms with E-state index in [9.17, 15) is 18.8 Å². The quantitative estimate of drug-likeness (QED) is 0.394. The van der Waals surface area contributed by atoms with Crippen molar-refractivity contribution in [1.82, 2.24) is 25.3 Å². The van der Waals surface area contributed by atoms with Gasteiger partial charge in [-0.1, -0.05) is 5.21 Å². The van der Waals surface area contributed by atoms with E-state index in [0.29, 0.717) is 59.7 Å². The first-order valence-corrected chi connectivity index (χ1v) is 10.8. The van der Waals surface area contributed by atoms with E-state index in [4.69, 9.17) is 0 Å². The van der Waals surface area contributed by atoms with Crippen LogP contribution in [0.25, 0.3) is 0 Å². The summed E-state index contributed by atoms with van der Waals surface area (Å²) in [6.07, 6.45) is 4.31. The van der Waals surface area contributed by atoms with Crippen molar-refractivity contribution in [2.24, 2.45) is 0 Å². The maximum Gasteiger partial charge on any atom is 0.293 e. The smallest absolute Gasteiger partial charge is 0.293 e. The molecule has 5 rings (SSSR count). The van der Waals surface area contributed by atoms with E-state index in [1.807, 2.05) is 0 Å². The molecule has 10 heteroatoms. The Morgan fingerprint density at radius 2 is 1.97 bits per heavy atom. The fourth-order valence-electron chi connectivity index (χ4n) is 4.70. The number of hydrogen-bond donors (Lipinski definition) is 3. The third-order valence-electron chi connectivity index (χ3n) is 6.37. The number of nitrogens with one attached hydrogen (secondary N) is 3. The van der Waals surface area contributed by atoms with Gasteiger partial charge >= 0.3 is 0 Å². The number of fused-ring (bicyclic) bond motifs is 1. The Bertz CT molecular complexity index is 1270. The fourth-order valence-corrected chi connectivity index (χ4v) is 4.70. The van der Waals surface area contributed by atoms with Gasteiger partial charge in [0.2, 0.25) is 0 Å². The van der Waals surface area contributed by atoms with E-state index in [1.54, 1.807) is 30.7 Å². The van der Waals surface area contributed by atoms with E-state index >= 15 is 0 Å². The molecule has 0 spiro atoms. The summed E-state index contributed by atoms with van der Waals surface area (Å²) in [5.74, 6) is -2.29. The van der Waals surface area contributed by atoms with Gasteiger partial charge in [-0.25, -0.2) is 4.39 Å². The van der Waals surface area contributed by atoms with E-state index in [1.165, 1.54) is 12.1 Å². The molecule has 0 atom stereocenters. The number of nitrogens with zero attached hydrogens (tertiary/aromatic N) is 3. The molecule has 1 aliphatic carbocycles. The van der Waals surface area contributed by atoms with Crippen LogP contribution in [0.3, 0.4) is 0 Å². The van der Waals surface area contributed by atoms with E-state index < -0.39 is 29.0 Å². The Morgan fingerprint density at radius 1 is 1.18 bits per heavy atom. The minimum atomic E-state index is -0.730. The van der Waals surface area contributed by atoms with Gasteiger partial charge in [-0.2, -0.15) is 0 Å². The number of benzene rings is 1. The minimum Gasteiger partial charge on any atom is -0.340 e. The summed E-state index contributed by atoms with van der Waals surface area (Å²) in [4.78, 5) is 39.3. The highest BCUT2D eigenvalue weighted by atomic mass is 19.1. The number of aromatic nitrogens is 4. The number of amides is 2. The van der Waals surface area contributed by atoms with Crippen molar-refractivity contribution in [2.45, 2.75) is 51.6 Å². The maximum atomic E-state index is 13.8. The van der Waals surface area contributed by atoms with Crippen LogP contribution in [0.1, 0.15) is 62.6 Å². The minimum absolute atomic E-state index is 0.265. The van der Waals surface area contributed by atoms with E-state index in [-0.39, 0.29) is 5.56 Å². The lowest BCUT2D eigenvalue weighted by Gasteiger charge is -2.14. The van der Waals surface area contributed by atoms with Gasteiger partial charge in [0.25, 0.3) is 17.6 Å². The average molecular weight is 450 g/mol. The van der Waals surface area contributed by atoms with Gasteiger partial charge < -0.3 is 15.2 Å². The van der Waals surface area contributed by atoms with Crippen molar-refractivity contribution in [3.8, 4) is 0 Å². The largest absolute Gasteiger partial charge is 0.340 e. The number of aromatic amines is 1. The van der Waals surface area contributed by atoms with Crippen molar-refractivity contribution in [1.29, 1.82) is 0 Å².